The van der Waals surface area contributed by atoms with E-state index in [9.17, 15) is 28.6 Å². The van der Waals surface area contributed by atoms with Crippen molar-refractivity contribution >= 4 is 11.9 Å². The number of carbonyl (C=O) groups is 2. The van der Waals surface area contributed by atoms with Crippen LogP contribution in [0.4, 0.5) is 8.78 Å². The van der Waals surface area contributed by atoms with Crippen LogP contribution in [0.1, 0.15) is 55.0 Å². The van der Waals surface area contributed by atoms with E-state index in [0.717, 1.165) is 0 Å². The summed E-state index contributed by atoms with van der Waals surface area (Å²) in [5.74, 6) is -2.97. The molecule has 3 aliphatic rings. The zero-order valence-corrected chi connectivity index (χ0v) is 19.0. The van der Waals surface area contributed by atoms with Crippen molar-refractivity contribution in [3.63, 3.8) is 0 Å². The molecule has 0 saturated carbocycles. The second-order valence-corrected chi connectivity index (χ2v) is 9.22. The summed E-state index contributed by atoms with van der Waals surface area (Å²) in [5.41, 5.74) is 1.89. The molecule has 2 N–H and O–H groups in total. The van der Waals surface area contributed by atoms with Crippen molar-refractivity contribution in [1.82, 2.24) is 9.80 Å². The molecule has 0 aliphatic carbocycles. The van der Waals surface area contributed by atoms with Gasteiger partial charge in [0, 0.05) is 56.3 Å². The van der Waals surface area contributed by atoms with Gasteiger partial charge in [-0.2, -0.15) is 0 Å². The Hall–Kier alpha value is -2.92. The van der Waals surface area contributed by atoms with Crippen molar-refractivity contribution in [2.75, 3.05) is 45.9 Å². The predicted octanol–water partition coefficient (Wildman–Crippen LogP) is 1.73. The lowest BCUT2D eigenvalue weighted by Gasteiger charge is -2.37. The second kappa shape index (κ2) is 9.62. The summed E-state index contributed by atoms with van der Waals surface area (Å²) in [7, 11) is 0. The molecule has 0 spiro atoms. The van der Waals surface area contributed by atoms with Crippen molar-refractivity contribution in [2.24, 2.45) is 0 Å². The number of β-amino-alcohol motifs (C(OH)–C–C–N with tert-alkyl or cyclic N) is 1. The van der Waals surface area contributed by atoms with Crippen LogP contribution in [-0.2, 0) is 22.7 Å². The van der Waals surface area contributed by atoms with E-state index in [4.69, 9.17) is 9.47 Å². The second-order valence-electron chi connectivity index (χ2n) is 9.22. The highest BCUT2D eigenvalue weighted by Gasteiger charge is 2.30. The smallest absolute Gasteiger partial charge is 0.341 e. The fourth-order valence-corrected chi connectivity index (χ4v) is 5.00. The number of cyclic esters (lactones) is 2. The Morgan fingerprint density at radius 2 is 1.29 bits per heavy atom. The third-order valence-corrected chi connectivity index (χ3v) is 6.97. The first-order valence-electron chi connectivity index (χ1n) is 11.6. The molecular formula is C25H26F2N2O6. The van der Waals surface area contributed by atoms with Crippen LogP contribution >= 0.6 is 0 Å². The maximum Gasteiger partial charge on any atom is 0.341 e. The van der Waals surface area contributed by atoms with Gasteiger partial charge in [-0.15, -0.1) is 0 Å². The zero-order valence-electron chi connectivity index (χ0n) is 19.0. The Morgan fingerprint density at radius 3 is 1.83 bits per heavy atom. The summed E-state index contributed by atoms with van der Waals surface area (Å²) >= 11 is 0. The number of hydrogen-bond donors (Lipinski definition) is 2. The maximum atomic E-state index is 14.4. The van der Waals surface area contributed by atoms with Crippen LogP contribution in [0.5, 0.6) is 0 Å². The first kappa shape index (κ1) is 23.8. The highest BCUT2D eigenvalue weighted by atomic mass is 19.1. The first-order chi connectivity index (χ1) is 16.8. The van der Waals surface area contributed by atoms with E-state index in [1.54, 1.807) is 12.1 Å². The summed E-state index contributed by atoms with van der Waals surface area (Å²) in [6, 6.07) is 5.83. The number of aliphatic hydroxyl groups is 2. The van der Waals surface area contributed by atoms with Crippen LogP contribution in [0.25, 0.3) is 0 Å². The third kappa shape index (κ3) is 4.66. The fourth-order valence-electron chi connectivity index (χ4n) is 5.00. The number of halogens is 2. The lowest BCUT2D eigenvalue weighted by Crippen LogP contribution is -2.48. The molecule has 0 aromatic heterocycles. The Kier molecular flexibility index (Phi) is 6.54. The van der Waals surface area contributed by atoms with Crippen LogP contribution < -0.4 is 0 Å². The lowest BCUT2D eigenvalue weighted by molar-refractivity contribution is 0.0522. The molecule has 2 atom stereocenters. The number of fused-ring (bicyclic) bond motifs is 2. The molecule has 1 saturated heterocycles. The lowest BCUT2D eigenvalue weighted by atomic mass is 9.95. The van der Waals surface area contributed by atoms with Gasteiger partial charge in [0.15, 0.2) is 0 Å². The van der Waals surface area contributed by atoms with Crippen LogP contribution in [-0.4, -0.2) is 77.8 Å². The highest BCUT2D eigenvalue weighted by molar-refractivity contribution is 5.94. The number of aliphatic hydroxyl groups excluding tert-OH is 2. The number of rotatable bonds is 7. The number of hydrogen-bond acceptors (Lipinski definition) is 8. The Morgan fingerprint density at radius 1 is 0.800 bits per heavy atom. The van der Waals surface area contributed by atoms with Crippen molar-refractivity contribution < 1.29 is 38.1 Å². The van der Waals surface area contributed by atoms with Gasteiger partial charge in [0.2, 0.25) is 0 Å². The average molecular weight is 488 g/mol. The molecule has 0 amide bonds. The number of ether oxygens (including phenoxy) is 2. The summed E-state index contributed by atoms with van der Waals surface area (Å²) in [5, 5.41) is 20.6. The van der Waals surface area contributed by atoms with Crippen LogP contribution in [0, 0.1) is 11.6 Å². The van der Waals surface area contributed by atoms with Crippen molar-refractivity contribution in [3.05, 3.63) is 69.3 Å². The SMILES string of the molecule is O=C1OCc2cc(C(O)CN3CCN(CC(CO)c4cc(F)c5c(c4)COC5=O)CC3)cc(F)c21. The molecule has 2 unspecified atom stereocenters. The molecule has 0 bridgehead atoms. The third-order valence-electron chi connectivity index (χ3n) is 6.97. The molecule has 3 heterocycles. The summed E-state index contributed by atoms with van der Waals surface area (Å²) in [4.78, 5) is 27.5. The summed E-state index contributed by atoms with van der Waals surface area (Å²) in [6.45, 7) is 3.39. The van der Waals surface area contributed by atoms with E-state index in [-0.39, 0.29) is 36.9 Å². The minimum absolute atomic E-state index is 0.00773. The molecule has 2 aromatic rings. The number of carbonyl (C=O) groups excluding carboxylic acids is 2. The number of nitrogens with zero attached hydrogens (tertiary/aromatic N) is 2. The van der Waals surface area contributed by atoms with Gasteiger partial charge in [0.1, 0.15) is 36.0 Å². The molecule has 8 nitrogen and oxygen atoms in total. The Balaban J connectivity index is 1.17. The highest BCUT2D eigenvalue weighted by Crippen LogP contribution is 2.29. The molecule has 10 heteroatoms. The largest absolute Gasteiger partial charge is 0.457 e. The van der Waals surface area contributed by atoms with Gasteiger partial charge in [-0.1, -0.05) is 6.07 Å². The van der Waals surface area contributed by atoms with Crippen LogP contribution in [0.3, 0.4) is 0 Å². The average Bonchev–Trinajstić information content (AvgIpc) is 3.41. The number of esters is 2. The molecule has 0 radical (unpaired) electrons. The molecule has 1 fully saturated rings. The minimum atomic E-state index is -0.915. The first-order valence-corrected chi connectivity index (χ1v) is 11.6. The van der Waals surface area contributed by atoms with E-state index in [1.165, 1.54) is 12.1 Å². The van der Waals surface area contributed by atoms with E-state index in [2.05, 4.69) is 9.80 Å². The quantitative estimate of drug-likeness (QED) is 0.569. The van der Waals surface area contributed by atoms with Crippen LogP contribution in [0.15, 0.2) is 24.3 Å². The van der Waals surface area contributed by atoms with Crippen molar-refractivity contribution in [3.8, 4) is 0 Å². The fraction of sp³-hybridized carbons (Fsp3) is 0.440. The number of piperazine rings is 1. The van der Waals surface area contributed by atoms with Gasteiger partial charge in [0.25, 0.3) is 0 Å². The molecule has 35 heavy (non-hydrogen) atoms. The van der Waals surface area contributed by atoms with Crippen molar-refractivity contribution in [2.45, 2.75) is 25.2 Å². The molecular weight excluding hydrogens is 462 g/mol. The summed E-state index contributed by atoms with van der Waals surface area (Å²) in [6.07, 6.45) is -0.915. The van der Waals surface area contributed by atoms with Gasteiger partial charge in [-0.05, 0) is 29.3 Å². The predicted molar refractivity (Wildman–Crippen MR) is 119 cm³/mol. The normalized spacial score (nSPS) is 19.8. The van der Waals surface area contributed by atoms with Crippen molar-refractivity contribution in [1.29, 1.82) is 0 Å². The molecule has 5 rings (SSSR count). The monoisotopic (exact) mass is 488 g/mol. The van der Waals surface area contributed by atoms with E-state index in [1.807, 2.05) is 0 Å². The topological polar surface area (TPSA) is 99.5 Å². The van der Waals surface area contributed by atoms with Gasteiger partial charge < -0.3 is 24.6 Å². The van der Waals surface area contributed by atoms with Gasteiger partial charge >= 0.3 is 11.9 Å². The molecule has 2 aromatic carbocycles. The van der Waals surface area contributed by atoms with Gasteiger partial charge in [-0.3, -0.25) is 4.90 Å². The van der Waals surface area contributed by atoms with E-state index in [0.29, 0.717) is 61.5 Å². The number of benzene rings is 2. The Bertz CT molecular complexity index is 1170. The van der Waals surface area contributed by atoms with Gasteiger partial charge in [-0.25, -0.2) is 18.4 Å². The van der Waals surface area contributed by atoms with Crippen LogP contribution in [0.2, 0.25) is 0 Å². The molecule has 3 aliphatic heterocycles. The minimum Gasteiger partial charge on any atom is -0.457 e. The zero-order chi connectivity index (χ0) is 24.7. The standard InChI is InChI=1S/C25H26F2N2O6/c26-19-7-14(5-16-12-34-24(32)22(16)19)18(11-30)9-28-1-3-29(4-2-28)10-21(31)15-6-17-13-35-25(33)23(17)20(27)8-15/h5-8,18,21,30-31H,1-4,9-13H2. The summed E-state index contributed by atoms with van der Waals surface area (Å²) < 4.78 is 38.5. The Labute approximate surface area is 200 Å². The maximum absolute atomic E-state index is 14.4. The van der Waals surface area contributed by atoms with Gasteiger partial charge in [0.05, 0.1) is 12.7 Å². The van der Waals surface area contributed by atoms with E-state index >= 15 is 0 Å². The van der Waals surface area contributed by atoms with E-state index < -0.39 is 29.7 Å². The molecule has 186 valence electrons.